The minimum absolute atomic E-state index is 0.126. The van der Waals surface area contributed by atoms with Crippen molar-refractivity contribution in [3.63, 3.8) is 0 Å². The van der Waals surface area contributed by atoms with Crippen molar-refractivity contribution in [1.82, 2.24) is 5.32 Å². The number of hydrogen-bond donors (Lipinski definition) is 1. The van der Waals surface area contributed by atoms with Crippen molar-refractivity contribution >= 4 is 5.97 Å². The van der Waals surface area contributed by atoms with Crippen LogP contribution in [0.15, 0.2) is 0 Å². The first-order valence-electron chi connectivity index (χ1n) is 8.62. The van der Waals surface area contributed by atoms with Crippen molar-refractivity contribution in [1.29, 1.82) is 0 Å². The Bertz CT molecular complexity index is 320. The number of carbonyl (C=O) groups excluding carboxylic acids is 1. The molecule has 0 aromatic heterocycles. The van der Waals surface area contributed by atoms with Crippen LogP contribution in [0.4, 0.5) is 0 Å². The summed E-state index contributed by atoms with van der Waals surface area (Å²) in [6.45, 7) is 7.56. The van der Waals surface area contributed by atoms with Gasteiger partial charge in [-0.25, -0.2) is 0 Å². The van der Waals surface area contributed by atoms with Gasteiger partial charge in [-0.2, -0.15) is 0 Å². The molecule has 0 amide bonds. The van der Waals surface area contributed by atoms with Crippen molar-refractivity contribution in [2.24, 2.45) is 11.8 Å². The van der Waals surface area contributed by atoms with Crippen LogP contribution in [0.2, 0.25) is 0 Å². The normalized spacial score (nSPS) is 30.9. The molecule has 21 heavy (non-hydrogen) atoms. The Labute approximate surface area is 129 Å². The maximum Gasteiger partial charge on any atom is 0.323 e. The monoisotopic (exact) mass is 297 g/mol. The third kappa shape index (κ3) is 5.95. The van der Waals surface area contributed by atoms with E-state index < -0.39 is 0 Å². The molecule has 2 rings (SSSR count). The molecule has 1 N–H and O–H groups in total. The first-order valence-corrected chi connectivity index (χ1v) is 8.62. The number of rotatable bonds is 8. The zero-order chi connectivity index (χ0) is 15.2. The molecule has 0 heterocycles. The van der Waals surface area contributed by atoms with Crippen LogP contribution in [0.3, 0.4) is 0 Å². The zero-order valence-electron chi connectivity index (χ0n) is 13.8. The summed E-state index contributed by atoms with van der Waals surface area (Å²) >= 11 is 0. The fourth-order valence-corrected chi connectivity index (χ4v) is 3.41. The summed E-state index contributed by atoms with van der Waals surface area (Å²) < 4.78 is 11.2. The molecule has 0 bridgehead atoms. The highest BCUT2D eigenvalue weighted by Crippen LogP contribution is 2.30. The third-order valence-electron chi connectivity index (χ3n) is 4.48. The molecule has 122 valence electrons. The van der Waals surface area contributed by atoms with E-state index in [0.29, 0.717) is 31.8 Å². The van der Waals surface area contributed by atoms with Crippen LogP contribution < -0.4 is 5.32 Å². The topological polar surface area (TPSA) is 47.6 Å². The summed E-state index contributed by atoms with van der Waals surface area (Å²) in [7, 11) is 0. The highest BCUT2D eigenvalue weighted by molar-refractivity contribution is 5.75. The van der Waals surface area contributed by atoms with Gasteiger partial charge in [-0.1, -0.05) is 13.8 Å². The number of hydrogen-bond acceptors (Lipinski definition) is 4. The van der Waals surface area contributed by atoms with E-state index in [1.165, 1.54) is 19.3 Å². The lowest BCUT2D eigenvalue weighted by atomic mass is 9.82. The minimum Gasteiger partial charge on any atom is -0.465 e. The molecule has 0 aromatic rings. The summed E-state index contributed by atoms with van der Waals surface area (Å²) in [6, 6.07) is 0.310. The van der Waals surface area contributed by atoms with Gasteiger partial charge in [0.25, 0.3) is 0 Å². The maximum absolute atomic E-state index is 12.0. The average Bonchev–Trinajstić information content (AvgIpc) is 3.20. The van der Waals surface area contributed by atoms with Crippen LogP contribution in [-0.2, 0) is 14.3 Å². The Hall–Kier alpha value is -0.610. The Morgan fingerprint density at radius 2 is 1.86 bits per heavy atom. The van der Waals surface area contributed by atoms with Crippen molar-refractivity contribution in [3.8, 4) is 0 Å². The van der Waals surface area contributed by atoms with Crippen LogP contribution in [0.1, 0.15) is 59.3 Å². The smallest absolute Gasteiger partial charge is 0.323 e. The molecule has 0 radical (unpaired) electrons. The first kappa shape index (κ1) is 16.8. The Kier molecular flexibility index (Phi) is 6.49. The van der Waals surface area contributed by atoms with E-state index in [0.717, 1.165) is 24.7 Å². The van der Waals surface area contributed by atoms with E-state index in [2.05, 4.69) is 19.2 Å². The lowest BCUT2D eigenvalue weighted by Crippen LogP contribution is -2.40. The van der Waals surface area contributed by atoms with Gasteiger partial charge in [-0.05, 0) is 57.3 Å². The molecule has 4 heteroatoms. The molecule has 2 aliphatic rings. The van der Waals surface area contributed by atoms with Crippen LogP contribution in [0, 0.1) is 11.8 Å². The zero-order valence-corrected chi connectivity index (χ0v) is 13.8. The van der Waals surface area contributed by atoms with Gasteiger partial charge in [0.05, 0.1) is 12.7 Å². The number of ether oxygens (including phenoxy) is 2. The van der Waals surface area contributed by atoms with Gasteiger partial charge in [0.2, 0.25) is 0 Å². The van der Waals surface area contributed by atoms with E-state index in [9.17, 15) is 4.79 Å². The molecule has 0 aliphatic heterocycles. The Balaban J connectivity index is 1.71. The summed E-state index contributed by atoms with van der Waals surface area (Å²) in [4.78, 5) is 12.0. The standard InChI is InChI=1S/C17H31NO3/c1-4-20-17(19)16(18-14-5-6-14)7-8-21-15-10-12(2)9-13(3)11-15/h12-16,18H,4-11H2,1-3H3. The molecule has 2 saturated carbocycles. The molecule has 4 nitrogen and oxygen atoms in total. The SMILES string of the molecule is CCOC(=O)C(CCOC1CC(C)CC(C)C1)NC1CC1. The van der Waals surface area contributed by atoms with Crippen LogP contribution in [-0.4, -0.2) is 37.4 Å². The molecular weight excluding hydrogens is 266 g/mol. The maximum atomic E-state index is 12.0. The van der Waals surface area contributed by atoms with E-state index in [1.807, 2.05) is 6.92 Å². The van der Waals surface area contributed by atoms with E-state index >= 15 is 0 Å². The number of carbonyl (C=O) groups is 1. The van der Waals surface area contributed by atoms with Crippen LogP contribution >= 0.6 is 0 Å². The lowest BCUT2D eigenvalue weighted by Gasteiger charge is -2.31. The van der Waals surface area contributed by atoms with E-state index in [4.69, 9.17) is 9.47 Å². The van der Waals surface area contributed by atoms with E-state index in [-0.39, 0.29) is 12.0 Å². The average molecular weight is 297 g/mol. The van der Waals surface area contributed by atoms with Crippen LogP contribution in [0.5, 0.6) is 0 Å². The molecule has 2 aliphatic carbocycles. The number of nitrogens with one attached hydrogen (secondary N) is 1. The summed E-state index contributed by atoms with van der Waals surface area (Å²) in [5, 5.41) is 3.38. The molecule has 3 unspecified atom stereocenters. The summed E-state index contributed by atoms with van der Waals surface area (Å²) in [5.41, 5.74) is 0. The molecule has 0 spiro atoms. The lowest BCUT2D eigenvalue weighted by molar-refractivity contribution is -0.146. The number of esters is 1. The van der Waals surface area contributed by atoms with Gasteiger partial charge in [-0.15, -0.1) is 0 Å². The van der Waals surface area contributed by atoms with Gasteiger partial charge < -0.3 is 14.8 Å². The second-order valence-corrected chi connectivity index (χ2v) is 6.94. The van der Waals surface area contributed by atoms with Crippen molar-refractivity contribution < 1.29 is 14.3 Å². The minimum atomic E-state index is -0.198. The second-order valence-electron chi connectivity index (χ2n) is 6.94. The second kappa shape index (κ2) is 8.14. The van der Waals surface area contributed by atoms with Crippen molar-refractivity contribution in [2.45, 2.75) is 77.5 Å². The quantitative estimate of drug-likeness (QED) is 0.700. The van der Waals surface area contributed by atoms with Crippen molar-refractivity contribution in [2.75, 3.05) is 13.2 Å². The van der Waals surface area contributed by atoms with Crippen LogP contribution in [0.25, 0.3) is 0 Å². The fraction of sp³-hybridized carbons (Fsp3) is 0.941. The van der Waals surface area contributed by atoms with Crippen molar-refractivity contribution in [3.05, 3.63) is 0 Å². The predicted octanol–water partition coefficient (Wildman–Crippen LogP) is 2.90. The molecule has 0 saturated heterocycles. The summed E-state index contributed by atoms with van der Waals surface area (Å²) in [5.74, 6) is 1.38. The highest BCUT2D eigenvalue weighted by atomic mass is 16.5. The highest BCUT2D eigenvalue weighted by Gasteiger charge is 2.30. The Morgan fingerprint density at radius 1 is 1.19 bits per heavy atom. The van der Waals surface area contributed by atoms with E-state index in [1.54, 1.807) is 0 Å². The predicted molar refractivity (Wildman–Crippen MR) is 83.1 cm³/mol. The summed E-state index contributed by atoms with van der Waals surface area (Å²) in [6.07, 6.45) is 7.06. The molecule has 0 aromatic carbocycles. The van der Waals surface area contributed by atoms with Gasteiger partial charge in [0, 0.05) is 12.6 Å². The molecular formula is C17H31NO3. The van der Waals surface area contributed by atoms with Gasteiger partial charge >= 0.3 is 5.97 Å². The Morgan fingerprint density at radius 3 is 2.43 bits per heavy atom. The third-order valence-corrected chi connectivity index (χ3v) is 4.48. The van der Waals surface area contributed by atoms with Gasteiger partial charge in [0.1, 0.15) is 6.04 Å². The largest absolute Gasteiger partial charge is 0.465 e. The first-order chi connectivity index (χ1) is 10.1. The fourth-order valence-electron chi connectivity index (χ4n) is 3.41. The van der Waals surface area contributed by atoms with Gasteiger partial charge in [0.15, 0.2) is 0 Å². The molecule has 2 fully saturated rings. The molecule has 3 atom stereocenters. The van der Waals surface area contributed by atoms with Gasteiger partial charge in [-0.3, -0.25) is 4.79 Å².